The molecule has 3 rings (SSSR count). The molecule has 2 aromatic carbocycles. The van der Waals surface area contributed by atoms with Gasteiger partial charge in [-0.3, -0.25) is 9.59 Å². The predicted octanol–water partition coefficient (Wildman–Crippen LogP) is 4.65. The zero-order valence-corrected chi connectivity index (χ0v) is 16.3. The van der Waals surface area contributed by atoms with Crippen molar-refractivity contribution in [1.82, 2.24) is 0 Å². The summed E-state index contributed by atoms with van der Waals surface area (Å²) in [5, 5.41) is 6.36. The number of hydrogen-bond donors (Lipinski definition) is 2. The maximum Gasteiger partial charge on any atom is 0.228 e. The highest BCUT2D eigenvalue weighted by Gasteiger charge is 2.48. The first-order valence-electron chi connectivity index (χ1n) is 8.98. The van der Waals surface area contributed by atoms with Gasteiger partial charge in [0, 0.05) is 16.4 Å². The molecule has 0 aliphatic heterocycles. The average Bonchev–Trinajstić information content (AvgIpc) is 3.39. The maximum absolute atomic E-state index is 12.4. The summed E-state index contributed by atoms with van der Waals surface area (Å²) in [6.45, 7) is 5.80. The van der Waals surface area contributed by atoms with Crippen LogP contribution >= 0.6 is 11.6 Å². The number of benzene rings is 2. The molecule has 2 unspecified atom stereocenters. The smallest absolute Gasteiger partial charge is 0.228 e. The number of anilines is 2. The second-order valence-electron chi connectivity index (χ2n) is 7.08. The lowest BCUT2D eigenvalue weighted by atomic mass is 10.2. The lowest BCUT2D eigenvalue weighted by Crippen LogP contribution is -2.20. The molecule has 6 heteroatoms. The third-order valence-corrected chi connectivity index (χ3v) is 4.64. The van der Waals surface area contributed by atoms with Gasteiger partial charge in [0.2, 0.25) is 11.8 Å². The fraction of sp³-hybridized carbons (Fsp3) is 0.333. The minimum absolute atomic E-state index is 0.0976. The molecule has 0 heterocycles. The summed E-state index contributed by atoms with van der Waals surface area (Å²) in [6.07, 6.45) is 0.652. The first-order chi connectivity index (χ1) is 12.8. The molecule has 2 amide bonds. The van der Waals surface area contributed by atoms with Crippen molar-refractivity contribution in [1.29, 1.82) is 0 Å². The van der Waals surface area contributed by atoms with E-state index in [9.17, 15) is 9.59 Å². The molecule has 1 fully saturated rings. The molecular weight excluding hydrogens is 364 g/mol. The van der Waals surface area contributed by atoms with E-state index in [0.29, 0.717) is 17.1 Å². The van der Waals surface area contributed by atoms with Crippen molar-refractivity contribution in [2.45, 2.75) is 33.3 Å². The molecule has 1 saturated carbocycles. The minimum atomic E-state index is -0.302. The Hall–Kier alpha value is -2.53. The van der Waals surface area contributed by atoms with Gasteiger partial charge in [0.25, 0.3) is 0 Å². The maximum atomic E-state index is 12.4. The number of carbonyl (C=O) groups is 2. The van der Waals surface area contributed by atoms with Gasteiger partial charge in [0.05, 0.1) is 17.9 Å². The van der Waals surface area contributed by atoms with Crippen LogP contribution in [0.4, 0.5) is 11.4 Å². The normalized spacial score (nSPS) is 18.1. The number of rotatable bonds is 6. The van der Waals surface area contributed by atoms with Gasteiger partial charge < -0.3 is 15.4 Å². The Bertz CT molecular complexity index is 849. The zero-order valence-electron chi connectivity index (χ0n) is 15.6. The van der Waals surface area contributed by atoms with E-state index in [2.05, 4.69) is 10.6 Å². The molecule has 142 valence electrons. The van der Waals surface area contributed by atoms with Gasteiger partial charge in [-0.1, -0.05) is 11.6 Å². The van der Waals surface area contributed by atoms with Crippen molar-refractivity contribution in [3.05, 3.63) is 53.1 Å². The number of halogens is 1. The second-order valence-corrected chi connectivity index (χ2v) is 7.51. The third kappa shape index (κ3) is 5.01. The highest BCUT2D eigenvalue weighted by molar-refractivity contribution is 6.30. The van der Waals surface area contributed by atoms with E-state index >= 15 is 0 Å². The summed E-state index contributed by atoms with van der Waals surface area (Å²) in [5.41, 5.74) is 2.30. The largest absolute Gasteiger partial charge is 0.491 e. The second kappa shape index (κ2) is 8.01. The number of nitrogens with one attached hydrogen (secondary N) is 2. The van der Waals surface area contributed by atoms with Gasteiger partial charge in [0.15, 0.2) is 0 Å². The van der Waals surface area contributed by atoms with Gasteiger partial charge in [-0.25, -0.2) is 0 Å². The molecule has 2 aromatic rings. The van der Waals surface area contributed by atoms with E-state index in [4.69, 9.17) is 16.3 Å². The highest BCUT2D eigenvalue weighted by Crippen LogP contribution is 2.40. The quantitative estimate of drug-likeness (QED) is 0.759. The van der Waals surface area contributed by atoms with Crippen LogP contribution in [0.3, 0.4) is 0 Å². The number of aryl methyl sites for hydroxylation is 1. The van der Waals surface area contributed by atoms with Crippen LogP contribution in [-0.2, 0) is 9.59 Å². The Balaban J connectivity index is 1.53. The van der Waals surface area contributed by atoms with E-state index in [1.165, 1.54) is 0 Å². The third-order valence-electron chi connectivity index (χ3n) is 4.40. The SMILES string of the molecule is Cc1cc(Cl)ccc1NC(=O)C1CC1C(=O)Nc1ccc(OC(C)C)cc1. The van der Waals surface area contributed by atoms with Crippen molar-refractivity contribution >= 4 is 34.8 Å². The molecule has 0 radical (unpaired) electrons. The van der Waals surface area contributed by atoms with Crippen LogP contribution in [0.5, 0.6) is 5.75 Å². The van der Waals surface area contributed by atoms with Crippen molar-refractivity contribution in [2.75, 3.05) is 10.6 Å². The van der Waals surface area contributed by atoms with Gasteiger partial charge in [-0.05, 0) is 75.2 Å². The number of hydrogen-bond acceptors (Lipinski definition) is 3. The van der Waals surface area contributed by atoms with Crippen LogP contribution in [0, 0.1) is 18.8 Å². The van der Waals surface area contributed by atoms with E-state index in [1.54, 1.807) is 30.3 Å². The lowest BCUT2D eigenvalue weighted by molar-refractivity contribution is -0.122. The van der Waals surface area contributed by atoms with Crippen LogP contribution in [0.15, 0.2) is 42.5 Å². The van der Waals surface area contributed by atoms with Gasteiger partial charge in [-0.15, -0.1) is 0 Å². The topological polar surface area (TPSA) is 67.4 Å². The summed E-state index contributed by atoms with van der Waals surface area (Å²) < 4.78 is 5.58. The fourth-order valence-corrected chi connectivity index (χ4v) is 3.12. The molecule has 1 aliphatic rings. The highest BCUT2D eigenvalue weighted by atomic mass is 35.5. The number of amides is 2. The number of carbonyl (C=O) groups excluding carboxylic acids is 2. The Kier molecular flexibility index (Phi) is 5.71. The summed E-state index contributed by atoms with van der Waals surface area (Å²) in [6, 6.07) is 12.5. The van der Waals surface area contributed by atoms with Gasteiger partial charge >= 0.3 is 0 Å². The molecule has 0 spiro atoms. The van der Waals surface area contributed by atoms with Gasteiger partial charge in [-0.2, -0.15) is 0 Å². The van der Waals surface area contributed by atoms with Crippen LogP contribution < -0.4 is 15.4 Å². The van der Waals surface area contributed by atoms with Crippen molar-refractivity contribution in [3.8, 4) is 5.75 Å². The summed E-state index contributed by atoms with van der Waals surface area (Å²) in [5.74, 6) is -0.125. The Morgan fingerprint density at radius 1 is 1.04 bits per heavy atom. The summed E-state index contributed by atoms with van der Waals surface area (Å²) >= 11 is 5.93. The van der Waals surface area contributed by atoms with Crippen molar-refractivity contribution in [3.63, 3.8) is 0 Å². The van der Waals surface area contributed by atoms with E-state index in [1.807, 2.05) is 32.9 Å². The van der Waals surface area contributed by atoms with E-state index in [0.717, 1.165) is 17.0 Å². The number of ether oxygens (including phenoxy) is 1. The van der Waals surface area contributed by atoms with Crippen LogP contribution in [0.1, 0.15) is 25.8 Å². The van der Waals surface area contributed by atoms with Gasteiger partial charge in [0.1, 0.15) is 5.75 Å². The van der Waals surface area contributed by atoms with E-state index in [-0.39, 0.29) is 29.8 Å². The predicted molar refractivity (Wildman–Crippen MR) is 107 cm³/mol. The lowest BCUT2D eigenvalue weighted by Gasteiger charge is -2.11. The molecule has 27 heavy (non-hydrogen) atoms. The van der Waals surface area contributed by atoms with E-state index < -0.39 is 0 Å². The Labute approximate surface area is 164 Å². The first kappa shape index (κ1) is 19.2. The molecule has 0 saturated heterocycles. The molecule has 2 N–H and O–H groups in total. The standard InChI is InChI=1S/C21H23ClN2O3/c1-12(2)27-16-7-5-15(6-8-16)23-20(25)17-11-18(17)21(26)24-19-9-4-14(22)10-13(19)3/h4-10,12,17-18H,11H2,1-3H3,(H,23,25)(H,24,26). The first-order valence-corrected chi connectivity index (χ1v) is 9.36. The fourth-order valence-electron chi connectivity index (χ4n) is 2.89. The summed E-state index contributed by atoms with van der Waals surface area (Å²) in [7, 11) is 0. The van der Waals surface area contributed by atoms with Crippen LogP contribution in [-0.4, -0.2) is 17.9 Å². The minimum Gasteiger partial charge on any atom is -0.491 e. The van der Waals surface area contributed by atoms with Crippen LogP contribution in [0.25, 0.3) is 0 Å². The molecular formula is C21H23ClN2O3. The van der Waals surface area contributed by atoms with Crippen molar-refractivity contribution in [2.24, 2.45) is 11.8 Å². The molecule has 1 aliphatic carbocycles. The molecule has 0 aromatic heterocycles. The van der Waals surface area contributed by atoms with Crippen LogP contribution in [0.2, 0.25) is 5.02 Å². The monoisotopic (exact) mass is 386 g/mol. The molecule has 0 bridgehead atoms. The molecule has 2 atom stereocenters. The molecule has 5 nitrogen and oxygen atoms in total. The zero-order chi connectivity index (χ0) is 19.6. The Morgan fingerprint density at radius 2 is 1.67 bits per heavy atom. The Morgan fingerprint density at radius 3 is 2.26 bits per heavy atom. The van der Waals surface area contributed by atoms with Crippen molar-refractivity contribution < 1.29 is 14.3 Å². The average molecular weight is 387 g/mol. The summed E-state index contributed by atoms with van der Waals surface area (Å²) in [4.78, 5) is 24.8.